The molecule has 0 amide bonds. The van der Waals surface area contributed by atoms with Gasteiger partial charge in [0.2, 0.25) is 0 Å². The van der Waals surface area contributed by atoms with Gasteiger partial charge in [-0.2, -0.15) is 20.0 Å². The number of halogens is 1. The van der Waals surface area contributed by atoms with Crippen LogP contribution in [0.1, 0.15) is 44.0 Å². The third-order valence-corrected chi connectivity index (χ3v) is 8.01. The van der Waals surface area contributed by atoms with Gasteiger partial charge < -0.3 is 10.4 Å². The molecule has 5 heterocycles. The van der Waals surface area contributed by atoms with Crippen LogP contribution in [0.25, 0.3) is 27.8 Å². The van der Waals surface area contributed by atoms with Crippen molar-refractivity contribution in [1.82, 2.24) is 39.2 Å². The lowest BCUT2D eigenvalue weighted by molar-refractivity contribution is 0.168. The lowest BCUT2D eigenvalue weighted by Gasteiger charge is -2.30. The molecule has 0 radical (unpaired) electrons. The van der Waals surface area contributed by atoms with E-state index in [1.54, 1.807) is 22.9 Å². The molecular formula is C31H34FN9O3. The van der Waals surface area contributed by atoms with Gasteiger partial charge in [0.25, 0.3) is 11.1 Å². The number of likely N-dealkylation sites (tertiary alicyclic amines) is 1. The topological polar surface area (TPSA) is 136 Å². The van der Waals surface area contributed by atoms with Gasteiger partial charge in [0.05, 0.1) is 29.6 Å². The molecule has 44 heavy (non-hydrogen) atoms. The second-order valence-electron chi connectivity index (χ2n) is 12.1. The number of nitrogens with zero attached hydrogens (tertiary/aromatic N) is 8. The smallest absolute Gasteiger partial charge is 0.290 e. The van der Waals surface area contributed by atoms with Crippen LogP contribution in [-0.4, -0.2) is 57.4 Å². The molecule has 0 bridgehead atoms. The zero-order valence-corrected chi connectivity index (χ0v) is 25.3. The molecule has 0 aliphatic carbocycles. The first-order valence-electron chi connectivity index (χ1n) is 14.4. The first-order chi connectivity index (χ1) is 20.9. The third kappa shape index (κ3) is 5.28. The Morgan fingerprint density at radius 3 is 2.48 bits per heavy atom. The minimum Gasteiger partial charge on any atom is -0.392 e. The highest BCUT2D eigenvalue weighted by molar-refractivity contribution is 5.82. The SMILES string of the molecule is Cn1nc(Nc2cc(-c3ccnc(-n4ncc5cc(C(C)(C)C)cc(F)c5c4=O)c3CO)nn(C)c2=O)cc1CN1CCC1. The van der Waals surface area contributed by atoms with E-state index < -0.39 is 18.0 Å². The number of rotatable bonds is 7. The van der Waals surface area contributed by atoms with Crippen molar-refractivity contribution in [2.45, 2.75) is 45.8 Å². The van der Waals surface area contributed by atoms with E-state index >= 15 is 4.39 Å². The molecule has 1 saturated heterocycles. The summed E-state index contributed by atoms with van der Waals surface area (Å²) in [6.45, 7) is 8.23. The quantitative estimate of drug-likeness (QED) is 0.289. The minimum atomic E-state index is -0.709. The fourth-order valence-electron chi connectivity index (χ4n) is 5.33. The van der Waals surface area contributed by atoms with Crippen LogP contribution in [0.15, 0.2) is 52.3 Å². The number of aromatic nitrogens is 7. The van der Waals surface area contributed by atoms with E-state index in [9.17, 15) is 14.7 Å². The van der Waals surface area contributed by atoms with Crippen molar-refractivity contribution in [3.8, 4) is 17.1 Å². The number of aryl methyl sites for hydroxylation is 2. The number of fused-ring (bicyclic) bond motifs is 1. The number of pyridine rings is 1. The molecular weight excluding hydrogens is 565 g/mol. The maximum absolute atomic E-state index is 15.3. The monoisotopic (exact) mass is 599 g/mol. The molecule has 1 aliphatic rings. The molecule has 1 fully saturated rings. The number of anilines is 2. The highest BCUT2D eigenvalue weighted by Crippen LogP contribution is 2.29. The highest BCUT2D eigenvalue weighted by atomic mass is 19.1. The lowest BCUT2D eigenvalue weighted by atomic mass is 9.86. The Labute approximate surface area is 252 Å². The summed E-state index contributed by atoms with van der Waals surface area (Å²) in [5.74, 6) is -0.117. The molecule has 4 aromatic heterocycles. The van der Waals surface area contributed by atoms with Crippen LogP contribution in [0.3, 0.4) is 0 Å². The van der Waals surface area contributed by atoms with E-state index in [0.29, 0.717) is 22.5 Å². The molecule has 2 N–H and O–H groups in total. The molecule has 0 saturated carbocycles. The highest BCUT2D eigenvalue weighted by Gasteiger charge is 2.22. The second-order valence-corrected chi connectivity index (χ2v) is 12.1. The Bertz CT molecular complexity index is 2020. The summed E-state index contributed by atoms with van der Waals surface area (Å²) >= 11 is 0. The van der Waals surface area contributed by atoms with Gasteiger partial charge in [-0.3, -0.25) is 19.2 Å². The lowest BCUT2D eigenvalue weighted by Crippen LogP contribution is -2.36. The Balaban J connectivity index is 1.41. The molecule has 0 unspecified atom stereocenters. The van der Waals surface area contributed by atoms with Crippen LogP contribution in [0.5, 0.6) is 0 Å². The van der Waals surface area contributed by atoms with Gasteiger partial charge in [0, 0.05) is 49.4 Å². The molecule has 1 aliphatic heterocycles. The Kier molecular flexibility index (Phi) is 7.38. The molecule has 6 rings (SSSR count). The summed E-state index contributed by atoms with van der Waals surface area (Å²) in [4.78, 5) is 33.3. The standard InChI is InChI=1S/C31H34FN9O3/c1-31(2,3)19-11-18-15-34-41(30(44)27(18)23(32)12-19)28-22(17-42)21(7-8-33-28)24-14-25(29(43)39(5)36-24)35-26-13-20(38(4)37-26)16-40-9-6-10-40/h7-8,11-15,42H,6,9-10,16-17H2,1-5H3,(H,35,37). The van der Waals surface area contributed by atoms with E-state index in [2.05, 4.69) is 30.5 Å². The van der Waals surface area contributed by atoms with Crippen molar-refractivity contribution in [1.29, 1.82) is 0 Å². The number of nitrogens with one attached hydrogen (secondary N) is 1. The fraction of sp³-hybridized carbons (Fsp3) is 0.355. The van der Waals surface area contributed by atoms with Crippen molar-refractivity contribution in [2.75, 3.05) is 18.4 Å². The molecule has 1 aromatic carbocycles. The fourth-order valence-corrected chi connectivity index (χ4v) is 5.33. The van der Waals surface area contributed by atoms with Crippen LogP contribution in [0.4, 0.5) is 15.9 Å². The Morgan fingerprint density at radius 1 is 1.02 bits per heavy atom. The summed E-state index contributed by atoms with van der Waals surface area (Å²) in [6, 6.07) is 8.22. The average Bonchev–Trinajstić information content (AvgIpc) is 3.30. The zero-order chi connectivity index (χ0) is 31.3. The van der Waals surface area contributed by atoms with E-state index in [0.717, 1.165) is 35.6 Å². The van der Waals surface area contributed by atoms with E-state index in [4.69, 9.17) is 0 Å². The van der Waals surface area contributed by atoms with E-state index in [1.165, 1.54) is 36.6 Å². The first-order valence-corrected chi connectivity index (χ1v) is 14.4. The normalized spacial score (nSPS) is 13.8. The maximum Gasteiger partial charge on any atom is 0.290 e. The summed E-state index contributed by atoms with van der Waals surface area (Å²) in [5.41, 5.74) is 1.57. The summed E-state index contributed by atoms with van der Waals surface area (Å²) in [7, 11) is 3.38. The van der Waals surface area contributed by atoms with Crippen molar-refractivity contribution < 1.29 is 9.50 Å². The van der Waals surface area contributed by atoms with Crippen LogP contribution >= 0.6 is 0 Å². The Morgan fingerprint density at radius 2 is 1.80 bits per heavy atom. The Hall–Kier alpha value is -4.75. The molecule has 0 atom stereocenters. The van der Waals surface area contributed by atoms with Crippen LogP contribution in [0.2, 0.25) is 0 Å². The van der Waals surface area contributed by atoms with E-state index in [-0.39, 0.29) is 33.4 Å². The third-order valence-electron chi connectivity index (χ3n) is 8.01. The molecule has 12 nitrogen and oxygen atoms in total. The van der Waals surface area contributed by atoms with Gasteiger partial charge in [-0.05, 0) is 54.8 Å². The predicted molar refractivity (Wildman–Crippen MR) is 165 cm³/mol. The summed E-state index contributed by atoms with van der Waals surface area (Å²) < 4.78 is 19.3. The molecule has 13 heteroatoms. The largest absolute Gasteiger partial charge is 0.392 e. The van der Waals surface area contributed by atoms with Gasteiger partial charge in [-0.15, -0.1) is 0 Å². The summed E-state index contributed by atoms with van der Waals surface area (Å²) in [5, 5.41) is 27.1. The van der Waals surface area contributed by atoms with E-state index in [1.807, 2.05) is 33.9 Å². The second kappa shape index (κ2) is 11.1. The predicted octanol–water partition coefficient (Wildman–Crippen LogP) is 3.15. The molecule has 228 valence electrons. The van der Waals surface area contributed by atoms with Crippen molar-refractivity contribution >= 4 is 22.3 Å². The number of hydrogen-bond acceptors (Lipinski definition) is 9. The number of aliphatic hydroxyl groups is 1. The first kappa shape index (κ1) is 29.3. The van der Waals surface area contributed by atoms with Crippen LogP contribution < -0.4 is 16.4 Å². The van der Waals surface area contributed by atoms with Crippen molar-refractivity contribution in [3.05, 3.63) is 86.1 Å². The van der Waals surface area contributed by atoms with Gasteiger partial charge in [0.15, 0.2) is 11.6 Å². The number of aliphatic hydroxyl groups excluding tert-OH is 1. The minimum absolute atomic E-state index is 0.0294. The van der Waals surface area contributed by atoms with Gasteiger partial charge in [-0.25, -0.2) is 14.1 Å². The van der Waals surface area contributed by atoms with Crippen LogP contribution in [-0.2, 0) is 32.7 Å². The van der Waals surface area contributed by atoms with Gasteiger partial charge in [-0.1, -0.05) is 20.8 Å². The molecule has 5 aromatic rings. The number of hydrogen-bond donors (Lipinski definition) is 2. The average molecular weight is 600 g/mol. The number of benzene rings is 1. The zero-order valence-electron chi connectivity index (χ0n) is 25.3. The van der Waals surface area contributed by atoms with Crippen molar-refractivity contribution in [3.63, 3.8) is 0 Å². The van der Waals surface area contributed by atoms with Gasteiger partial charge in [0.1, 0.15) is 11.5 Å². The summed E-state index contributed by atoms with van der Waals surface area (Å²) in [6.07, 6.45) is 4.05. The van der Waals surface area contributed by atoms with Crippen LogP contribution in [0, 0.1) is 5.82 Å². The maximum atomic E-state index is 15.3. The van der Waals surface area contributed by atoms with Crippen molar-refractivity contribution in [2.24, 2.45) is 14.1 Å². The van der Waals surface area contributed by atoms with Gasteiger partial charge >= 0.3 is 0 Å². The molecule has 0 spiro atoms.